The standard InChI is InChI=1S/C26H16IN/c27-26-21-12-5-6-13-23(21)28-15-7-14-24(28)25(26)22-16-17-8-1-2-9-18(17)19-10-3-4-11-20(19)22/h1-16H. The molecule has 6 rings (SSSR count). The molecule has 0 unspecified atom stereocenters. The van der Waals surface area contributed by atoms with Gasteiger partial charge in [0.15, 0.2) is 0 Å². The van der Waals surface area contributed by atoms with Gasteiger partial charge in [-0.3, -0.25) is 0 Å². The van der Waals surface area contributed by atoms with Crippen molar-refractivity contribution in [1.29, 1.82) is 0 Å². The van der Waals surface area contributed by atoms with Crippen LogP contribution in [0, 0.1) is 3.57 Å². The summed E-state index contributed by atoms with van der Waals surface area (Å²) in [7, 11) is 0. The van der Waals surface area contributed by atoms with E-state index < -0.39 is 0 Å². The van der Waals surface area contributed by atoms with Crippen molar-refractivity contribution < 1.29 is 0 Å². The van der Waals surface area contributed by atoms with Crippen LogP contribution in [-0.4, -0.2) is 4.40 Å². The van der Waals surface area contributed by atoms with E-state index in [1.54, 1.807) is 0 Å². The summed E-state index contributed by atoms with van der Waals surface area (Å²) in [4.78, 5) is 0. The summed E-state index contributed by atoms with van der Waals surface area (Å²) in [6, 6.07) is 32.9. The van der Waals surface area contributed by atoms with Crippen LogP contribution in [0.2, 0.25) is 0 Å². The van der Waals surface area contributed by atoms with E-state index in [4.69, 9.17) is 0 Å². The maximum Gasteiger partial charge on any atom is 0.0545 e. The van der Waals surface area contributed by atoms with Gasteiger partial charge < -0.3 is 4.40 Å². The lowest BCUT2D eigenvalue weighted by atomic mass is 9.92. The third-order valence-corrected chi connectivity index (χ3v) is 6.78. The molecular formula is C26H16IN. The molecule has 0 aliphatic carbocycles. The van der Waals surface area contributed by atoms with Crippen LogP contribution in [0.4, 0.5) is 0 Å². The molecule has 0 saturated heterocycles. The average molecular weight is 469 g/mol. The zero-order valence-electron chi connectivity index (χ0n) is 15.1. The van der Waals surface area contributed by atoms with Gasteiger partial charge in [-0.05, 0) is 74.0 Å². The second-order valence-corrected chi connectivity index (χ2v) is 8.24. The van der Waals surface area contributed by atoms with Gasteiger partial charge >= 0.3 is 0 Å². The number of hydrogen-bond donors (Lipinski definition) is 0. The first-order valence-electron chi connectivity index (χ1n) is 9.41. The highest BCUT2D eigenvalue weighted by molar-refractivity contribution is 14.1. The molecule has 2 heterocycles. The molecule has 0 atom stereocenters. The van der Waals surface area contributed by atoms with E-state index in [0.717, 1.165) is 0 Å². The van der Waals surface area contributed by atoms with E-state index in [9.17, 15) is 0 Å². The fraction of sp³-hybridized carbons (Fsp3) is 0. The fourth-order valence-electron chi connectivity index (χ4n) is 4.43. The summed E-state index contributed by atoms with van der Waals surface area (Å²) in [5, 5.41) is 6.50. The summed E-state index contributed by atoms with van der Waals surface area (Å²) in [5.41, 5.74) is 5.11. The second-order valence-electron chi connectivity index (χ2n) is 7.16. The van der Waals surface area contributed by atoms with Gasteiger partial charge in [0.1, 0.15) is 0 Å². The van der Waals surface area contributed by atoms with Crippen LogP contribution in [-0.2, 0) is 0 Å². The number of pyridine rings is 1. The van der Waals surface area contributed by atoms with Gasteiger partial charge in [-0.15, -0.1) is 0 Å². The Morgan fingerprint density at radius 1 is 0.571 bits per heavy atom. The molecule has 0 aliphatic heterocycles. The van der Waals surface area contributed by atoms with Crippen molar-refractivity contribution in [3.05, 3.63) is 101 Å². The highest BCUT2D eigenvalue weighted by Gasteiger charge is 2.17. The second kappa shape index (κ2) is 6.08. The third kappa shape index (κ3) is 2.18. The molecule has 132 valence electrons. The average Bonchev–Trinajstić information content (AvgIpc) is 3.24. The van der Waals surface area contributed by atoms with Gasteiger partial charge in [0.25, 0.3) is 0 Å². The number of rotatable bonds is 1. The molecule has 0 aliphatic rings. The van der Waals surface area contributed by atoms with E-state index in [1.165, 1.54) is 52.7 Å². The predicted octanol–water partition coefficient (Wildman–Crippen LogP) is 7.67. The number of fused-ring (bicyclic) bond motifs is 6. The summed E-state index contributed by atoms with van der Waals surface area (Å²) in [6.45, 7) is 0. The smallest absolute Gasteiger partial charge is 0.0545 e. The molecule has 4 aromatic carbocycles. The number of benzene rings is 4. The first-order chi connectivity index (χ1) is 13.8. The summed E-state index contributed by atoms with van der Waals surface area (Å²) in [5.74, 6) is 0. The van der Waals surface area contributed by atoms with Gasteiger partial charge in [0, 0.05) is 20.7 Å². The van der Waals surface area contributed by atoms with Gasteiger partial charge in [0.05, 0.1) is 11.0 Å². The third-order valence-electron chi connectivity index (χ3n) is 5.66. The van der Waals surface area contributed by atoms with Gasteiger partial charge in [-0.25, -0.2) is 0 Å². The highest BCUT2D eigenvalue weighted by atomic mass is 127. The largest absolute Gasteiger partial charge is 0.316 e. The van der Waals surface area contributed by atoms with Gasteiger partial charge in [0.2, 0.25) is 0 Å². The van der Waals surface area contributed by atoms with Crippen molar-refractivity contribution in [2.45, 2.75) is 0 Å². The van der Waals surface area contributed by atoms with Crippen molar-refractivity contribution in [1.82, 2.24) is 4.40 Å². The maximum absolute atomic E-state index is 2.53. The molecule has 0 fully saturated rings. The molecular weight excluding hydrogens is 453 g/mol. The molecule has 28 heavy (non-hydrogen) atoms. The van der Waals surface area contributed by atoms with Crippen molar-refractivity contribution in [2.75, 3.05) is 0 Å². The minimum atomic E-state index is 1.25. The molecule has 6 aromatic rings. The van der Waals surface area contributed by atoms with Crippen molar-refractivity contribution in [2.24, 2.45) is 0 Å². The fourth-order valence-corrected chi connectivity index (χ4v) is 5.45. The first-order valence-corrected chi connectivity index (χ1v) is 10.5. The molecule has 1 nitrogen and oxygen atoms in total. The van der Waals surface area contributed by atoms with Crippen LogP contribution < -0.4 is 0 Å². The Labute approximate surface area is 176 Å². The Morgan fingerprint density at radius 3 is 2.07 bits per heavy atom. The lowest BCUT2D eigenvalue weighted by molar-refractivity contribution is 1.27. The first kappa shape index (κ1) is 16.1. The minimum absolute atomic E-state index is 1.25. The Morgan fingerprint density at radius 2 is 1.21 bits per heavy atom. The van der Waals surface area contributed by atoms with Crippen molar-refractivity contribution in [3.63, 3.8) is 0 Å². The quantitative estimate of drug-likeness (QED) is 0.172. The number of para-hydroxylation sites is 1. The monoisotopic (exact) mass is 469 g/mol. The molecule has 0 spiro atoms. The zero-order chi connectivity index (χ0) is 18.7. The Hall–Kier alpha value is -2.85. The van der Waals surface area contributed by atoms with Crippen molar-refractivity contribution in [3.8, 4) is 11.1 Å². The summed E-state index contributed by atoms with van der Waals surface area (Å²) in [6.07, 6.45) is 2.17. The van der Waals surface area contributed by atoms with Crippen molar-refractivity contribution >= 4 is 60.6 Å². The molecule has 0 N–H and O–H groups in total. The van der Waals surface area contributed by atoms with E-state index in [1.807, 2.05) is 0 Å². The maximum atomic E-state index is 2.53. The summed E-state index contributed by atoms with van der Waals surface area (Å²) < 4.78 is 3.62. The summed E-state index contributed by atoms with van der Waals surface area (Å²) >= 11 is 2.53. The topological polar surface area (TPSA) is 4.41 Å². The Kier molecular flexibility index (Phi) is 3.50. The lowest BCUT2D eigenvalue weighted by Gasteiger charge is -2.16. The predicted molar refractivity (Wildman–Crippen MR) is 128 cm³/mol. The van der Waals surface area contributed by atoms with E-state index >= 15 is 0 Å². The molecule has 0 radical (unpaired) electrons. The molecule has 2 aromatic heterocycles. The van der Waals surface area contributed by atoms with Crippen LogP contribution in [0.15, 0.2) is 97.2 Å². The molecule has 0 bridgehead atoms. The van der Waals surface area contributed by atoms with Gasteiger partial charge in [-0.2, -0.15) is 0 Å². The van der Waals surface area contributed by atoms with Crippen LogP contribution in [0.25, 0.3) is 49.1 Å². The number of nitrogens with zero attached hydrogens (tertiary/aromatic N) is 1. The number of aromatic nitrogens is 1. The zero-order valence-corrected chi connectivity index (χ0v) is 17.2. The Bertz CT molecular complexity index is 1520. The number of halogens is 1. The van der Waals surface area contributed by atoms with E-state index in [0.29, 0.717) is 0 Å². The van der Waals surface area contributed by atoms with E-state index in [-0.39, 0.29) is 0 Å². The Balaban J connectivity index is 1.87. The van der Waals surface area contributed by atoms with Crippen LogP contribution in [0.3, 0.4) is 0 Å². The highest BCUT2D eigenvalue weighted by Crippen LogP contribution is 2.41. The molecule has 0 saturated carbocycles. The van der Waals surface area contributed by atoms with Crippen LogP contribution in [0.1, 0.15) is 0 Å². The number of hydrogen-bond acceptors (Lipinski definition) is 0. The minimum Gasteiger partial charge on any atom is -0.316 e. The lowest BCUT2D eigenvalue weighted by Crippen LogP contribution is -1.95. The normalized spacial score (nSPS) is 11.8. The van der Waals surface area contributed by atoms with Crippen LogP contribution >= 0.6 is 22.6 Å². The molecule has 0 amide bonds. The SMILES string of the molecule is Ic1c(-c2cc3ccccc3c3ccccc23)c2cccn2c2ccccc12. The van der Waals surface area contributed by atoms with Crippen LogP contribution in [0.5, 0.6) is 0 Å². The van der Waals surface area contributed by atoms with Gasteiger partial charge in [-0.1, -0.05) is 66.7 Å². The molecule has 2 heteroatoms. The van der Waals surface area contributed by atoms with E-state index in [2.05, 4.69) is 124 Å².